The van der Waals surface area contributed by atoms with Crippen LogP contribution < -0.4 is 10.2 Å². The number of rotatable bonds is 6. The molecule has 24 heavy (non-hydrogen) atoms. The number of carbonyl (C=O) groups is 2. The number of hydrogen-bond acceptors (Lipinski definition) is 5. The van der Waals surface area contributed by atoms with E-state index in [1.807, 2.05) is 20.8 Å². The van der Waals surface area contributed by atoms with Gasteiger partial charge in [-0.15, -0.1) is 0 Å². The van der Waals surface area contributed by atoms with Crippen LogP contribution in [-0.2, 0) is 9.59 Å². The zero-order valence-corrected chi connectivity index (χ0v) is 15.1. The van der Waals surface area contributed by atoms with Crippen LogP contribution in [0.25, 0.3) is 0 Å². The molecule has 0 aromatic carbocycles. The molecule has 6 nitrogen and oxygen atoms in total. The molecule has 6 heteroatoms. The molecule has 1 aromatic heterocycles. The second-order valence-corrected chi connectivity index (χ2v) is 6.89. The van der Waals surface area contributed by atoms with Crippen LogP contribution in [0.3, 0.4) is 0 Å². The molecule has 1 fully saturated rings. The molecule has 0 bridgehead atoms. The Labute approximate surface area is 145 Å². The fourth-order valence-corrected chi connectivity index (χ4v) is 2.80. The van der Waals surface area contributed by atoms with Crippen LogP contribution in [-0.4, -0.2) is 34.7 Å². The van der Waals surface area contributed by atoms with E-state index in [1.165, 1.54) is 0 Å². The van der Waals surface area contributed by atoms with Crippen molar-refractivity contribution in [3.8, 4) is 0 Å². The van der Waals surface area contributed by atoms with E-state index in [-0.39, 0.29) is 25.1 Å². The average Bonchev–Trinajstić information content (AvgIpc) is 2.61. The third kappa shape index (κ3) is 4.52. The van der Waals surface area contributed by atoms with Crippen LogP contribution in [0.1, 0.15) is 48.4 Å². The van der Waals surface area contributed by atoms with Gasteiger partial charge in [-0.1, -0.05) is 27.7 Å². The van der Waals surface area contributed by atoms with E-state index in [2.05, 4.69) is 27.1 Å². The molecule has 134 valence electrons. The minimum Gasteiger partial charge on any atom is -0.341 e. The van der Waals surface area contributed by atoms with Gasteiger partial charge in [-0.2, -0.15) is 0 Å². The molecule has 0 saturated carbocycles. The molecule has 1 N–H and O–H groups in total. The van der Waals surface area contributed by atoms with E-state index in [4.69, 9.17) is 0 Å². The van der Waals surface area contributed by atoms with E-state index < -0.39 is 0 Å². The van der Waals surface area contributed by atoms with Gasteiger partial charge in [0.2, 0.25) is 11.9 Å². The van der Waals surface area contributed by atoms with E-state index in [0.717, 1.165) is 32.4 Å². The Bertz CT molecular complexity index is 569. The van der Waals surface area contributed by atoms with Gasteiger partial charge in [0.15, 0.2) is 0 Å². The number of Topliss-reactive ketones (excluding diaryl/α,β-unsaturated/α-hetero) is 1. The van der Waals surface area contributed by atoms with E-state index >= 15 is 0 Å². The highest BCUT2D eigenvalue weighted by Crippen LogP contribution is 2.24. The van der Waals surface area contributed by atoms with Crippen LogP contribution >= 0.6 is 0 Å². The van der Waals surface area contributed by atoms with Gasteiger partial charge in [0.25, 0.3) is 0 Å². The van der Waals surface area contributed by atoms with Crippen LogP contribution in [0.2, 0.25) is 0 Å². The lowest BCUT2D eigenvalue weighted by Gasteiger charge is -2.32. The summed E-state index contributed by atoms with van der Waals surface area (Å²) < 4.78 is 0. The van der Waals surface area contributed by atoms with Crippen molar-refractivity contribution in [1.82, 2.24) is 9.97 Å². The Morgan fingerprint density at radius 3 is 2.33 bits per heavy atom. The molecular formula is C18H30N4O2. The lowest BCUT2D eigenvalue weighted by Crippen LogP contribution is -2.38. The van der Waals surface area contributed by atoms with Gasteiger partial charge in [0, 0.05) is 32.3 Å². The number of ketones is 1. The Hall–Kier alpha value is -1.98. The monoisotopic (exact) mass is 334 g/mol. The molecule has 1 saturated heterocycles. The highest BCUT2D eigenvalue weighted by atomic mass is 16.1. The Morgan fingerprint density at radius 1 is 1.25 bits per heavy atom. The lowest BCUT2D eigenvalue weighted by molar-refractivity contribution is -0.127. The molecule has 2 heterocycles. The summed E-state index contributed by atoms with van der Waals surface area (Å²) in [7, 11) is 0. The van der Waals surface area contributed by atoms with Crippen molar-refractivity contribution < 1.29 is 11.0 Å². The summed E-state index contributed by atoms with van der Waals surface area (Å²) >= 11 is 0. The number of nitrogens with zero attached hydrogens (tertiary/aromatic N) is 3. The fraction of sp³-hybridized carbons (Fsp3) is 0.667. The molecule has 0 radical (unpaired) electrons. The van der Waals surface area contributed by atoms with Crippen LogP contribution in [0.5, 0.6) is 0 Å². The molecule has 1 unspecified atom stereocenters. The maximum atomic E-state index is 12.3. The lowest BCUT2D eigenvalue weighted by atomic mass is 9.85. The number of amides is 1. The standard InChI is InChI=1S/C18H28N4O2.H2/c1-5-13(4)16(23)14-6-8-22(9-7-14)18-19-10-15(11-20-18)21-17(24)12(2)3;/h10-14H,5-9H2,1-4H3,(H,21,24);1H. The quantitative estimate of drug-likeness (QED) is 0.865. The van der Waals surface area contributed by atoms with E-state index in [1.54, 1.807) is 12.4 Å². The van der Waals surface area contributed by atoms with E-state index in [9.17, 15) is 9.59 Å². The largest absolute Gasteiger partial charge is 0.341 e. The van der Waals surface area contributed by atoms with Crippen molar-refractivity contribution >= 4 is 23.3 Å². The molecule has 1 aliphatic heterocycles. The highest BCUT2D eigenvalue weighted by molar-refractivity contribution is 5.91. The number of carbonyl (C=O) groups excluding carboxylic acids is 2. The third-order valence-electron chi connectivity index (χ3n) is 4.71. The predicted octanol–water partition coefficient (Wildman–Crippen LogP) is 3.15. The number of hydrogen-bond donors (Lipinski definition) is 1. The molecule has 1 aromatic rings. The summed E-state index contributed by atoms with van der Waals surface area (Å²) in [5.41, 5.74) is 0.610. The van der Waals surface area contributed by atoms with Crippen molar-refractivity contribution in [3.63, 3.8) is 0 Å². The smallest absolute Gasteiger partial charge is 0.227 e. The number of piperidine rings is 1. The summed E-state index contributed by atoms with van der Waals surface area (Å²) in [6, 6.07) is 0. The predicted molar refractivity (Wildman–Crippen MR) is 97.0 cm³/mol. The molecule has 0 aliphatic carbocycles. The second kappa shape index (κ2) is 8.22. The molecule has 1 aliphatic rings. The van der Waals surface area contributed by atoms with Gasteiger partial charge in [-0.25, -0.2) is 9.97 Å². The van der Waals surface area contributed by atoms with E-state index in [0.29, 0.717) is 17.4 Å². The van der Waals surface area contributed by atoms with Gasteiger partial charge < -0.3 is 10.2 Å². The molecule has 1 atom stereocenters. The molecular weight excluding hydrogens is 304 g/mol. The Balaban J connectivity index is 0.00000312. The van der Waals surface area contributed by atoms with Gasteiger partial charge >= 0.3 is 0 Å². The number of anilines is 2. The minimum absolute atomic E-state index is 0. The summed E-state index contributed by atoms with van der Waals surface area (Å²) in [6.45, 7) is 9.35. The number of nitrogens with one attached hydrogen (secondary N) is 1. The first-order valence-corrected chi connectivity index (χ1v) is 8.84. The zero-order valence-electron chi connectivity index (χ0n) is 15.1. The first-order chi connectivity index (χ1) is 11.4. The third-order valence-corrected chi connectivity index (χ3v) is 4.71. The Morgan fingerprint density at radius 2 is 1.83 bits per heavy atom. The SMILES string of the molecule is CCC(C)C(=O)C1CCN(c2ncc(NC(=O)C(C)C)cn2)CC1.[HH]. The van der Waals surface area contributed by atoms with Crippen molar-refractivity contribution in [2.24, 2.45) is 17.8 Å². The first kappa shape index (κ1) is 18.4. The second-order valence-electron chi connectivity index (χ2n) is 6.89. The minimum atomic E-state index is -0.0771. The van der Waals surface area contributed by atoms with Crippen LogP contribution in [0, 0.1) is 17.8 Å². The average molecular weight is 334 g/mol. The van der Waals surface area contributed by atoms with Gasteiger partial charge in [0.05, 0.1) is 18.1 Å². The van der Waals surface area contributed by atoms with Gasteiger partial charge in [0.1, 0.15) is 5.78 Å². The zero-order chi connectivity index (χ0) is 17.7. The van der Waals surface area contributed by atoms with Crippen LogP contribution in [0.15, 0.2) is 12.4 Å². The summed E-state index contributed by atoms with van der Waals surface area (Å²) in [4.78, 5) is 34.8. The maximum Gasteiger partial charge on any atom is 0.227 e. The first-order valence-electron chi connectivity index (χ1n) is 8.84. The normalized spacial score (nSPS) is 17.0. The van der Waals surface area contributed by atoms with Crippen molar-refractivity contribution in [1.29, 1.82) is 0 Å². The topological polar surface area (TPSA) is 75.2 Å². The van der Waals surface area contributed by atoms with Crippen molar-refractivity contribution in [3.05, 3.63) is 12.4 Å². The summed E-state index contributed by atoms with van der Waals surface area (Å²) in [5, 5.41) is 2.79. The summed E-state index contributed by atoms with van der Waals surface area (Å²) in [5.74, 6) is 1.25. The van der Waals surface area contributed by atoms with Crippen molar-refractivity contribution in [2.75, 3.05) is 23.3 Å². The molecule has 0 spiro atoms. The maximum absolute atomic E-state index is 12.3. The van der Waals surface area contributed by atoms with Crippen LogP contribution in [0.4, 0.5) is 11.6 Å². The molecule has 1 amide bonds. The number of aromatic nitrogens is 2. The van der Waals surface area contributed by atoms with Gasteiger partial charge in [-0.3, -0.25) is 9.59 Å². The summed E-state index contributed by atoms with van der Waals surface area (Å²) in [6.07, 6.45) is 5.90. The highest BCUT2D eigenvalue weighted by Gasteiger charge is 2.28. The molecule has 2 rings (SSSR count). The van der Waals surface area contributed by atoms with Gasteiger partial charge in [-0.05, 0) is 19.3 Å². The Kier molecular flexibility index (Phi) is 6.29. The fourth-order valence-electron chi connectivity index (χ4n) is 2.80. The van der Waals surface area contributed by atoms with Crippen molar-refractivity contribution in [2.45, 2.75) is 47.0 Å².